The molecule has 0 amide bonds. The van der Waals surface area contributed by atoms with Gasteiger partial charge >= 0.3 is 11.9 Å². The van der Waals surface area contributed by atoms with E-state index in [9.17, 15) is 28.2 Å². The normalized spacial score (nSPS) is 13.7. The molecular weight excluding hydrogens is 408 g/mol. The maximum absolute atomic E-state index is 12.6. The van der Waals surface area contributed by atoms with Gasteiger partial charge in [-0.05, 0) is 35.6 Å². The van der Waals surface area contributed by atoms with Crippen LogP contribution in [0.3, 0.4) is 0 Å². The molecule has 2 atom stereocenters. The van der Waals surface area contributed by atoms with Crippen molar-refractivity contribution in [1.82, 2.24) is 10.0 Å². The Morgan fingerprint density at radius 1 is 0.867 bits per heavy atom. The molecule has 0 radical (unpaired) electrons. The second-order valence-electron chi connectivity index (χ2n) is 7.32. The highest BCUT2D eigenvalue weighted by molar-refractivity contribution is 7.89. The number of carbonyl (C=O) groups is 2. The number of nitrogens with one attached hydrogen (secondary N) is 2. The van der Waals surface area contributed by atoms with Crippen molar-refractivity contribution in [1.29, 1.82) is 0 Å². The van der Waals surface area contributed by atoms with Crippen LogP contribution in [0.2, 0.25) is 0 Å². The highest BCUT2D eigenvalue weighted by Gasteiger charge is 2.28. The first-order valence-electron chi connectivity index (χ1n) is 9.47. The van der Waals surface area contributed by atoms with E-state index in [1.165, 1.54) is 12.1 Å². The van der Waals surface area contributed by atoms with Gasteiger partial charge in [0.2, 0.25) is 10.0 Å². The summed E-state index contributed by atoms with van der Waals surface area (Å²) in [6.45, 7) is 3.14. The summed E-state index contributed by atoms with van der Waals surface area (Å²) in [4.78, 5) is 22.9. The quantitative estimate of drug-likeness (QED) is 0.426. The van der Waals surface area contributed by atoms with Crippen molar-refractivity contribution in [3.8, 4) is 11.1 Å². The molecule has 0 bridgehead atoms. The summed E-state index contributed by atoms with van der Waals surface area (Å²) in [5.41, 5.74) is 1.78. The maximum atomic E-state index is 12.6. The zero-order valence-electron chi connectivity index (χ0n) is 16.8. The Morgan fingerprint density at radius 3 is 1.90 bits per heavy atom. The summed E-state index contributed by atoms with van der Waals surface area (Å²) in [5.74, 6) is -2.51. The second kappa shape index (κ2) is 10.3. The topological polar surface area (TPSA) is 133 Å². The van der Waals surface area contributed by atoms with Crippen LogP contribution in [-0.4, -0.2) is 49.2 Å². The zero-order chi connectivity index (χ0) is 22.3. The fourth-order valence-corrected chi connectivity index (χ4v) is 3.95. The van der Waals surface area contributed by atoms with E-state index in [0.29, 0.717) is 0 Å². The van der Waals surface area contributed by atoms with E-state index in [1.54, 1.807) is 12.1 Å². The molecule has 0 aliphatic rings. The van der Waals surface area contributed by atoms with Crippen molar-refractivity contribution in [2.24, 2.45) is 5.92 Å². The number of sulfonamides is 1. The minimum atomic E-state index is -3.97. The van der Waals surface area contributed by atoms with Gasteiger partial charge in [-0.25, -0.2) is 13.1 Å². The van der Waals surface area contributed by atoms with Crippen LogP contribution in [-0.2, 0) is 19.6 Å². The van der Waals surface area contributed by atoms with Crippen LogP contribution >= 0.6 is 0 Å². The molecule has 2 aromatic rings. The number of aliphatic carboxylic acids is 2. The number of hydrogen-bond donors (Lipinski definition) is 4. The lowest BCUT2D eigenvalue weighted by Gasteiger charge is -2.22. The van der Waals surface area contributed by atoms with E-state index in [0.717, 1.165) is 11.1 Å². The van der Waals surface area contributed by atoms with Gasteiger partial charge in [-0.2, -0.15) is 0 Å². The van der Waals surface area contributed by atoms with Gasteiger partial charge in [0.05, 0.1) is 4.90 Å². The van der Waals surface area contributed by atoms with Gasteiger partial charge in [0.25, 0.3) is 0 Å². The lowest BCUT2D eigenvalue weighted by Crippen LogP contribution is -2.52. The summed E-state index contributed by atoms with van der Waals surface area (Å²) >= 11 is 0. The molecule has 2 unspecified atom stereocenters. The van der Waals surface area contributed by atoms with E-state index in [1.807, 2.05) is 44.2 Å². The third kappa shape index (κ3) is 6.65. The average molecular weight is 435 g/mol. The predicted octanol–water partition coefficient (Wildman–Crippen LogP) is 2.17. The molecule has 2 aromatic carbocycles. The van der Waals surface area contributed by atoms with Crippen molar-refractivity contribution < 1.29 is 28.2 Å². The molecule has 0 saturated heterocycles. The minimum Gasteiger partial charge on any atom is -0.480 e. The van der Waals surface area contributed by atoms with E-state index < -0.39 is 40.6 Å². The van der Waals surface area contributed by atoms with Crippen LogP contribution in [0.15, 0.2) is 59.5 Å². The number of benzene rings is 2. The number of carboxylic acid groups (broad SMARTS) is 2. The molecular formula is C21H26N2O6S. The molecule has 0 aliphatic carbocycles. The van der Waals surface area contributed by atoms with Gasteiger partial charge in [-0.3, -0.25) is 14.9 Å². The molecule has 4 N–H and O–H groups in total. The fraction of sp³-hybridized carbons (Fsp3) is 0.333. The van der Waals surface area contributed by atoms with Crippen molar-refractivity contribution in [2.45, 2.75) is 37.2 Å². The fourth-order valence-electron chi connectivity index (χ4n) is 2.91. The monoisotopic (exact) mass is 434 g/mol. The van der Waals surface area contributed by atoms with Gasteiger partial charge in [0.15, 0.2) is 0 Å². The Bertz CT molecular complexity index is 959. The Labute approximate surface area is 176 Å². The summed E-state index contributed by atoms with van der Waals surface area (Å²) in [7, 11) is -3.97. The second-order valence-corrected chi connectivity index (χ2v) is 9.09. The van der Waals surface area contributed by atoms with Crippen molar-refractivity contribution >= 4 is 22.0 Å². The maximum Gasteiger partial charge on any atom is 0.322 e. The summed E-state index contributed by atoms with van der Waals surface area (Å²) < 4.78 is 27.4. The minimum absolute atomic E-state index is 0.0108. The third-order valence-electron chi connectivity index (χ3n) is 4.45. The largest absolute Gasteiger partial charge is 0.480 e. The molecule has 0 fully saturated rings. The molecule has 30 heavy (non-hydrogen) atoms. The van der Waals surface area contributed by atoms with Crippen LogP contribution in [0.25, 0.3) is 11.1 Å². The van der Waals surface area contributed by atoms with Gasteiger partial charge in [-0.15, -0.1) is 0 Å². The molecule has 8 nitrogen and oxygen atoms in total. The predicted molar refractivity (Wildman–Crippen MR) is 113 cm³/mol. The van der Waals surface area contributed by atoms with Gasteiger partial charge in [0.1, 0.15) is 12.1 Å². The van der Waals surface area contributed by atoms with E-state index in [4.69, 9.17) is 0 Å². The Balaban J connectivity index is 2.09. The number of hydrogen-bond acceptors (Lipinski definition) is 5. The molecule has 9 heteroatoms. The summed E-state index contributed by atoms with van der Waals surface area (Å²) in [6.07, 6.45) is 0.215. The lowest BCUT2D eigenvalue weighted by atomic mass is 10.0. The van der Waals surface area contributed by atoms with Crippen molar-refractivity contribution in [3.05, 3.63) is 54.6 Å². The molecule has 0 aliphatic heterocycles. The van der Waals surface area contributed by atoms with Crippen LogP contribution in [0.5, 0.6) is 0 Å². The van der Waals surface area contributed by atoms with E-state index in [2.05, 4.69) is 10.0 Å². The standard InChI is InChI=1S/C21H26N2O6S/c1-14(2)12-18(20(24)25)23-19(21(26)27)13-22-30(28,29)17-10-8-16(9-11-17)15-6-4-3-5-7-15/h3-11,14,18-19,22-23H,12-13H2,1-2H3,(H,24,25)(H,26,27). The summed E-state index contributed by atoms with van der Waals surface area (Å²) in [5, 5.41) is 21.2. The Hall–Kier alpha value is -2.75. The molecule has 0 spiro atoms. The third-order valence-corrected chi connectivity index (χ3v) is 5.89. The van der Waals surface area contributed by atoms with Crippen molar-refractivity contribution in [3.63, 3.8) is 0 Å². The van der Waals surface area contributed by atoms with Gasteiger partial charge in [-0.1, -0.05) is 56.3 Å². The van der Waals surface area contributed by atoms with E-state index in [-0.39, 0.29) is 17.2 Å². The SMILES string of the molecule is CC(C)CC(NC(CNS(=O)(=O)c1ccc(-c2ccccc2)cc1)C(=O)O)C(=O)O. The number of rotatable bonds is 11. The molecule has 162 valence electrons. The zero-order valence-corrected chi connectivity index (χ0v) is 17.6. The smallest absolute Gasteiger partial charge is 0.322 e. The van der Waals surface area contributed by atoms with Crippen LogP contribution in [0.4, 0.5) is 0 Å². The van der Waals surface area contributed by atoms with Crippen LogP contribution < -0.4 is 10.0 Å². The highest BCUT2D eigenvalue weighted by Crippen LogP contribution is 2.21. The highest BCUT2D eigenvalue weighted by atomic mass is 32.2. The average Bonchev–Trinajstić information content (AvgIpc) is 2.70. The Morgan fingerprint density at radius 2 is 1.40 bits per heavy atom. The molecule has 0 aromatic heterocycles. The van der Waals surface area contributed by atoms with E-state index >= 15 is 0 Å². The first-order chi connectivity index (χ1) is 14.1. The lowest BCUT2D eigenvalue weighted by molar-refractivity contribution is -0.142. The van der Waals surface area contributed by atoms with Crippen LogP contribution in [0.1, 0.15) is 20.3 Å². The van der Waals surface area contributed by atoms with Crippen molar-refractivity contribution in [2.75, 3.05) is 6.54 Å². The first-order valence-corrected chi connectivity index (χ1v) is 10.9. The van der Waals surface area contributed by atoms with Gasteiger partial charge < -0.3 is 10.2 Å². The Kier molecular flexibility index (Phi) is 8.10. The number of carboxylic acids is 2. The summed E-state index contributed by atoms with van der Waals surface area (Å²) in [6, 6.07) is 13.2. The molecule has 0 heterocycles. The first kappa shape index (κ1) is 23.5. The van der Waals surface area contributed by atoms with Gasteiger partial charge in [0, 0.05) is 6.54 Å². The van der Waals surface area contributed by atoms with Crippen LogP contribution in [0, 0.1) is 5.92 Å². The molecule has 0 saturated carbocycles. The molecule has 2 rings (SSSR count).